The summed E-state index contributed by atoms with van der Waals surface area (Å²) in [7, 11) is 0. The number of esters is 1. The molecule has 0 aliphatic carbocycles. The van der Waals surface area contributed by atoms with Gasteiger partial charge in [0, 0.05) is 22.4 Å². The first-order valence-corrected chi connectivity index (χ1v) is 6.68. The first-order chi connectivity index (χ1) is 9.74. The molecule has 1 aromatic carbocycles. The normalized spacial score (nSPS) is 12.2. The molecule has 1 aliphatic rings. The zero-order valence-corrected chi connectivity index (χ0v) is 11.9. The fourth-order valence-electron chi connectivity index (χ4n) is 1.78. The standard InChI is InChI=1S/C14H10BrNO4/c15-11-6-13-12(19-8-20-13)5-10(11)7-18-14(17)9-1-3-16-4-2-9/h1-6H,7-8H2. The Hall–Kier alpha value is -2.08. The Morgan fingerprint density at radius 2 is 1.95 bits per heavy atom. The molecular formula is C14H10BrNO4. The molecule has 0 unspecified atom stereocenters. The molecule has 6 heteroatoms. The molecule has 20 heavy (non-hydrogen) atoms. The van der Waals surface area contributed by atoms with Gasteiger partial charge in [-0.25, -0.2) is 4.79 Å². The van der Waals surface area contributed by atoms with Gasteiger partial charge in [0.25, 0.3) is 0 Å². The van der Waals surface area contributed by atoms with Crippen LogP contribution in [0.1, 0.15) is 15.9 Å². The lowest BCUT2D eigenvalue weighted by Crippen LogP contribution is -2.05. The molecule has 0 saturated heterocycles. The maximum absolute atomic E-state index is 11.8. The molecule has 0 spiro atoms. The van der Waals surface area contributed by atoms with Crippen LogP contribution in [0.2, 0.25) is 0 Å². The van der Waals surface area contributed by atoms with Crippen molar-refractivity contribution in [2.45, 2.75) is 6.61 Å². The molecule has 0 amide bonds. The van der Waals surface area contributed by atoms with Gasteiger partial charge >= 0.3 is 5.97 Å². The third-order valence-corrected chi connectivity index (χ3v) is 3.55. The van der Waals surface area contributed by atoms with Gasteiger partial charge in [0.1, 0.15) is 6.61 Å². The van der Waals surface area contributed by atoms with E-state index < -0.39 is 5.97 Å². The van der Waals surface area contributed by atoms with E-state index in [0.29, 0.717) is 17.1 Å². The number of hydrogen-bond donors (Lipinski definition) is 0. The third kappa shape index (κ3) is 2.60. The molecule has 0 radical (unpaired) electrons. The third-order valence-electron chi connectivity index (χ3n) is 2.82. The fourth-order valence-corrected chi connectivity index (χ4v) is 2.22. The maximum Gasteiger partial charge on any atom is 0.338 e. The average Bonchev–Trinajstić information content (AvgIpc) is 2.92. The van der Waals surface area contributed by atoms with Crippen LogP contribution in [0, 0.1) is 0 Å². The first-order valence-electron chi connectivity index (χ1n) is 5.89. The number of pyridine rings is 1. The number of benzene rings is 1. The monoisotopic (exact) mass is 335 g/mol. The van der Waals surface area contributed by atoms with Crippen molar-refractivity contribution in [1.82, 2.24) is 4.98 Å². The van der Waals surface area contributed by atoms with E-state index in [1.807, 2.05) is 0 Å². The van der Waals surface area contributed by atoms with Crippen molar-refractivity contribution in [3.05, 3.63) is 52.3 Å². The molecule has 0 fully saturated rings. The maximum atomic E-state index is 11.8. The minimum atomic E-state index is -0.392. The van der Waals surface area contributed by atoms with Crippen molar-refractivity contribution in [3.8, 4) is 11.5 Å². The first kappa shape index (κ1) is 12.9. The van der Waals surface area contributed by atoms with Crippen LogP contribution in [-0.2, 0) is 11.3 Å². The van der Waals surface area contributed by atoms with E-state index in [1.165, 1.54) is 0 Å². The molecule has 102 valence electrons. The Labute approximate surface area is 123 Å². The largest absolute Gasteiger partial charge is 0.457 e. The molecule has 0 bridgehead atoms. The quantitative estimate of drug-likeness (QED) is 0.807. The summed E-state index contributed by atoms with van der Waals surface area (Å²) in [5.41, 5.74) is 1.29. The Balaban J connectivity index is 1.71. The minimum Gasteiger partial charge on any atom is -0.457 e. The van der Waals surface area contributed by atoms with E-state index in [-0.39, 0.29) is 13.4 Å². The highest BCUT2D eigenvalue weighted by molar-refractivity contribution is 9.10. The van der Waals surface area contributed by atoms with E-state index in [4.69, 9.17) is 14.2 Å². The van der Waals surface area contributed by atoms with Crippen LogP contribution in [0.15, 0.2) is 41.1 Å². The number of carbonyl (C=O) groups excluding carboxylic acids is 1. The molecule has 3 rings (SSSR count). The number of fused-ring (bicyclic) bond motifs is 1. The molecule has 0 N–H and O–H groups in total. The number of rotatable bonds is 3. The van der Waals surface area contributed by atoms with E-state index >= 15 is 0 Å². The molecule has 2 aromatic rings. The summed E-state index contributed by atoms with van der Waals surface area (Å²) in [6, 6.07) is 6.82. The van der Waals surface area contributed by atoms with Crippen LogP contribution < -0.4 is 9.47 Å². The summed E-state index contributed by atoms with van der Waals surface area (Å²) in [5.74, 6) is 0.946. The van der Waals surface area contributed by atoms with Crippen LogP contribution in [0.3, 0.4) is 0 Å². The summed E-state index contributed by atoms with van der Waals surface area (Å²) >= 11 is 3.42. The highest BCUT2D eigenvalue weighted by Crippen LogP contribution is 2.37. The lowest BCUT2D eigenvalue weighted by atomic mass is 10.2. The van der Waals surface area contributed by atoms with E-state index in [0.717, 1.165) is 10.0 Å². The van der Waals surface area contributed by atoms with Gasteiger partial charge in [-0.3, -0.25) is 4.98 Å². The van der Waals surface area contributed by atoms with Gasteiger partial charge in [-0.15, -0.1) is 0 Å². The summed E-state index contributed by atoms with van der Waals surface area (Å²) in [6.45, 7) is 0.362. The van der Waals surface area contributed by atoms with Crippen LogP contribution in [0.25, 0.3) is 0 Å². The molecule has 0 atom stereocenters. The molecule has 5 nitrogen and oxygen atoms in total. The lowest BCUT2D eigenvalue weighted by Gasteiger charge is -2.08. The van der Waals surface area contributed by atoms with Crippen molar-refractivity contribution < 1.29 is 19.0 Å². The van der Waals surface area contributed by atoms with Gasteiger partial charge in [0.05, 0.1) is 5.56 Å². The number of ether oxygens (including phenoxy) is 3. The number of nitrogens with zero attached hydrogens (tertiary/aromatic N) is 1. The Morgan fingerprint density at radius 1 is 1.25 bits per heavy atom. The van der Waals surface area contributed by atoms with Crippen LogP contribution in [0.5, 0.6) is 11.5 Å². The molecular weight excluding hydrogens is 326 g/mol. The Bertz CT molecular complexity index is 645. The van der Waals surface area contributed by atoms with Crippen molar-refractivity contribution in [3.63, 3.8) is 0 Å². The summed E-state index contributed by atoms with van der Waals surface area (Å²) in [4.78, 5) is 15.7. The Kier molecular flexibility index (Phi) is 3.56. The van der Waals surface area contributed by atoms with Gasteiger partial charge < -0.3 is 14.2 Å². The molecule has 2 heterocycles. The second-order valence-electron chi connectivity index (χ2n) is 4.11. The smallest absolute Gasteiger partial charge is 0.338 e. The fraction of sp³-hybridized carbons (Fsp3) is 0.143. The topological polar surface area (TPSA) is 57.7 Å². The van der Waals surface area contributed by atoms with Crippen LogP contribution in [-0.4, -0.2) is 17.7 Å². The molecule has 0 saturated carbocycles. The molecule has 1 aliphatic heterocycles. The summed E-state index contributed by atoms with van der Waals surface area (Å²) < 4.78 is 16.6. The average molecular weight is 336 g/mol. The van der Waals surface area contributed by atoms with Crippen LogP contribution >= 0.6 is 15.9 Å². The number of halogens is 1. The van der Waals surface area contributed by atoms with E-state index in [1.54, 1.807) is 36.7 Å². The van der Waals surface area contributed by atoms with Gasteiger partial charge in [0.2, 0.25) is 6.79 Å². The number of carbonyl (C=O) groups is 1. The van der Waals surface area contributed by atoms with Gasteiger partial charge in [-0.2, -0.15) is 0 Å². The lowest BCUT2D eigenvalue weighted by molar-refractivity contribution is 0.0471. The van der Waals surface area contributed by atoms with Gasteiger partial charge in [-0.05, 0) is 24.3 Å². The van der Waals surface area contributed by atoms with Gasteiger partial charge in [-0.1, -0.05) is 15.9 Å². The zero-order valence-electron chi connectivity index (χ0n) is 10.3. The number of hydrogen-bond acceptors (Lipinski definition) is 5. The minimum absolute atomic E-state index is 0.151. The highest BCUT2D eigenvalue weighted by Gasteiger charge is 2.17. The van der Waals surface area contributed by atoms with E-state index in [9.17, 15) is 4.79 Å². The second kappa shape index (κ2) is 5.50. The van der Waals surface area contributed by atoms with Crippen molar-refractivity contribution in [1.29, 1.82) is 0 Å². The van der Waals surface area contributed by atoms with Crippen molar-refractivity contribution in [2.75, 3.05) is 6.79 Å². The molecule has 1 aromatic heterocycles. The second-order valence-corrected chi connectivity index (χ2v) is 4.96. The van der Waals surface area contributed by atoms with Crippen molar-refractivity contribution >= 4 is 21.9 Å². The zero-order chi connectivity index (χ0) is 13.9. The van der Waals surface area contributed by atoms with E-state index in [2.05, 4.69) is 20.9 Å². The number of aromatic nitrogens is 1. The Morgan fingerprint density at radius 3 is 2.70 bits per heavy atom. The summed E-state index contributed by atoms with van der Waals surface area (Å²) in [6.07, 6.45) is 3.10. The summed E-state index contributed by atoms with van der Waals surface area (Å²) in [5, 5.41) is 0. The van der Waals surface area contributed by atoms with Crippen molar-refractivity contribution in [2.24, 2.45) is 0 Å². The predicted octanol–water partition coefficient (Wildman–Crippen LogP) is 2.93. The SMILES string of the molecule is O=C(OCc1cc2c(cc1Br)OCO2)c1ccncc1. The van der Waals surface area contributed by atoms with Crippen LogP contribution in [0.4, 0.5) is 0 Å². The van der Waals surface area contributed by atoms with Gasteiger partial charge in [0.15, 0.2) is 11.5 Å². The highest BCUT2D eigenvalue weighted by atomic mass is 79.9. The predicted molar refractivity (Wildman–Crippen MR) is 73.6 cm³/mol.